The van der Waals surface area contributed by atoms with E-state index in [4.69, 9.17) is 4.99 Å². The summed E-state index contributed by atoms with van der Waals surface area (Å²) >= 11 is 2.13. The van der Waals surface area contributed by atoms with Gasteiger partial charge >= 0.3 is 0 Å². The molecule has 0 aliphatic carbocycles. The number of likely N-dealkylation sites (tertiary alicyclic amines) is 1. The maximum atomic E-state index is 4.90. The van der Waals surface area contributed by atoms with Gasteiger partial charge in [0.05, 0.1) is 0 Å². The number of unbranched alkanes of at least 4 members (excludes halogenated alkanes) is 1. The van der Waals surface area contributed by atoms with Crippen molar-refractivity contribution < 1.29 is 0 Å². The first kappa shape index (κ1) is 18.9. The second kappa shape index (κ2) is 10.4. The highest BCUT2D eigenvalue weighted by Gasteiger charge is 2.24. The van der Waals surface area contributed by atoms with Crippen molar-refractivity contribution in [3.8, 4) is 0 Å². The van der Waals surface area contributed by atoms with Crippen molar-refractivity contribution in [2.24, 2.45) is 10.9 Å². The summed E-state index contributed by atoms with van der Waals surface area (Å²) in [4.78, 5) is 9.98. The van der Waals surface area contributed by atoms with Crippen LogP contribution in [0.5, 0.6) is 0 Å². The van der Waals surface area contributed by atoms with Crippen LogP contribution in [0.25, 0.3) is 0 Å². The number of nitrogens with zero attached hydrogens (tertiary/aromatic N) is 3. The van der Waals surface area contributed by atoms with Gasteiger partial charge in [-0.15, -0.1) is 0 Å². The Morgan fingerprint density at radius 2 is 2.00 bits per heavy atom. The van der Waals surface area contributed by atoms with Crippen LogP contribution < -0.4 is 5.32 Å². The molecule has 1 N–H and O–H groups in total. The molecule has 4 nitrogen and oxygen atoms in total. The van der Waals surface area contributed by atoms with Crippen molar-refractivity contribution in [3.63, 3.8) is 0 Å². The van der Waals surface area contributed by atoms with E-state index >= 15 is 0 Å². The van der Waals surface area contributed by atoms with Crippen LogP contribution in [0, 0.1) is 5.92 Å². The van der Waals surface area contributed by atoms with Gasteiger partial charge in [0, 0.05) is 37.2 Å². The lowest BCUT2D eigenvalue weighted by atomic mass is 10.1. The third-order valence-electron chi connectivity index (χ3n) is 4.81. The van der Waals surface area contributed by atoms with E-state index in [9.17, 15) is 0 Å². The molecule has 2 saturated heterocycles. The van der Waals surface area contributed by atoms with Gasteiger partial charge in [-0.3, -0.25) is 4.99 Å². The minimum Gasteiger partial charge on any atom is -0.357 e. The number of rotatable bonds is 7. The Morgan fingerprint density at radius 3 is 2.70 bits per heavy atom. The fraction of sp³-hybridized carbons (Fsp3) is 0.944. The summed E-state index contributed by atoms with van der Waals surface area (Å²) in [5.41, 5.74) is 0. The molecule has 2 aliphatic heterocycles. The Morgan fingerprint density at radius 1 is 1.22 bits per heavy atom. The Labute approximate surface area is 147 Å². The molecule has 1 atom stereocenters. The SMILES string of the molecule is CCNC(=NCCCCN1CCCC1)N1CCSC(C(C)C)C1. The van der Waals surface area contributed by atoms with Crippen LogP contribution in [-0.4, -0.2) is 72.6 Å². The quantitative estimate of drug-likeness (QED) is 0.439. The van der Waals surface area contributed by atoms with E-state index in [2.05, 4.69) is 47.6 Å². The maximum Gasteiger partial charge on any atom is 0.193 e. The van der Waals surface area contributed by atoms with Gasteiger partial charge in [-0.25, -0.2) is 0 Å². The van der Waals surface area contributed by atoms with Crippen molar-refractivity contribution >= 4 is 17.7 Å². The molecule has 23 heavy (non-hydrogen) atoms. The predicted molar refractivity (Wildman–Crippen MR) is 104 cm³/mol. The fourth-order valence-corrected chi connectivity index (χ4v) is 4.63. The standard InChI is InChI=1S/C18H36N4S/c1-4-19-18(22-13-14-23-17(15-22)16(2)3)20-9-5-6-10-21-11-7-8-12-21/h16-17H,4-15H2,1-3H3,(H,19,20). The lowest BCUT2D eigenvalue weighted by molar-refractivity contribution is 0.330. The van der Waals surface area contributed by atoms with Crippen LogP contribution in [0.15, 0.2) is 4.99 Å². The highest BCUT2D eigenvalue weighted by Crippen LogP contribution is 2.24. The normalized spacial score (nSPS) is 23.7. The van der Waals surface area contributed by atoms with E-state index < -0.39 is 0 Å². The molecule has 2 fully saturated rings. The highest BCUT2D eigenvalue weighted by atomic mass is 32.2. The van der Waals surface area contributed by atoms with Gasteiger partial charge in [0.15, 0.2) is 5.96 Å². The summed E-state index contributed by atoms with van der Waals surface area (Å²) in [5, 5.41) is 4.24. The lowest BCUT2D eigenvalue weighted by Crippen LogP contribution is -2.49. The number of aliphatic imine (C=N–C) groups is 1. The van der Waals surface area contributed by atoms with Crippen LogP contribution in [-0.2, 0) is 0 Å². The van der Waals surface area contributed by atoms with Gasteiger partial charge < -0.3 is 15.1 Å². The number of nitrogens with one attached hydrogen (secondary N) is 1. The van der Waals surface area contributed by atoms with Crippen LogP contribution >= 0.6 is 11.8 Å². The van der Waals surface area contributed by atoms with E-state index in [1.165, 1.54) is 51.1 Å². The van der Waals surface area contributed by atoms with Gasteiger partial charge in [0.25, 0.3) is 0 Å². The van der Waals surface area contributed by atoms with Gasteiger partial charge in [0.2, 0.25) is 0 Å². The molecule has 2 rings (SSSR count). The van der Waals surface area contributed by atoms with Gasteiger partial charge in [-0.2, -0.15) is 11.8 Å². The number of hydrogen-bond donors (Lipinski definition) is 1. The lowest BCUT2D eigenvalue weighted by Gasteiger charge is -2.36. The molecular weight excluding hydrogens is 304 g/mol. The first-order chi connectivity index (χ1) is 11.2. The molecule has 134 valence electrons. The largest absolute Gasteiger partial charge is 0.357 e. The second-order valence-electron chi connectivity index (χ2n) is 7.09. The van der Waals surface area contributed by atoms with Crippen molar-refractivity contribution in [1.82, 2.24) is 15.1 Å². The zero-order valence-electron chi connectivity index (χ0n) is 15.4. The Hall–Kier alpha value is -0.420. The zero-order chi connectivity index (χ0) is 16.5. The molecule has 0 radical (unpaired) electrons. The highest BCUT2D eigenvalue weighted by molar-refractivity contribution is 8.00. The van der Waals surface area contributed by atoms with Crippen molar-refractivity contribution in [2.75, 3.05) is 51.6 Å². The van der Waals surface area contributed by atoms with E-state index in [-0.39, 0.29) is 0 Å². The topological polar surface area (TPSA) is 30.9 Å². The van der Waals surface area contributed by atoms with Gasteiger partial charge in [-0.05, 0) is 58.2 Å². The number of thioether (sulfide) groups is 1. The Balaban J connectivity index is 1.74. The molecule has 1 unspecified atom stereocenters. The maximum absolute atomic E-state index is 4.90. The predicted octanol–water partition coefficient (Wildman–Crippen LogP) is 2.90. The molecule has 5 heteroatoms. The van der Waals surface area contributed by atoms with Gasteiger partial charge in [0.1, 0.15) is 0 Å². The zero-order valence-corrected chi connectivity index (χ0v) is 16.2. The summed E-state index contributed by atoms with van der Waals surface area (Å²) < 4.78 is 0. The smallest absolute Gasteiger partial charge is 0.193 e. The minimum absolute atomic E-state index is 0.739. The number of guanidine groups is 1. The second-order valence-corrected chi connectivity index (χ2v) is 8.44. The summed E-state index contributed by atoms with van der Waals surface area (Å²) in [6.07, 6.45) is 5.29. The third-order valence-corrected chi connectivity index (χ3v) is 6.35. The van der Waals surface area contributed by atoms with Crippen LogP contribution in [0.4, 0.5) is 0 Å². The summed E-state index contributed by atoms with van der Waals surface area (Å²) in [6, 6.07) is 0. The van der Waals surface area contributed by atoms with E-state index in [1.807, 2.05) is 0 Å². The molecule has 0 aromatic carbocycles. The molecule has 0 aromatic heterocycles. The van der Waals surface area contributed by atoms with E-state index in [0.717, 1.165) is 43.3 Å². The number of hydrogen-bond acceptors (Lipinski definition) is 3. The molecule has 0 bridgehead atoms. The average molecular weight is 341 g/mol. The summed E-state index contributed by atoms with van der Waals surface area (Å²) in [7, 11) is 0. The monoisotopic (exact) mass is 340 g/mol. The summed E-state index contributed by atoms with van der Waals surface area (Å²) in [5.74, 6) is 3.10. The van der Waals surface area contributed by atoms with E-state index in [0.29, 0.717) is 0 Å². The molecule has 0 aromatic rings. The first-order valence-electron chi connectivity index (χ1n) is 9.58. The first-order valence-corrected chi connectivity index (χ1v) is 10.6. The molecule has 0 spiro atoms. The van der Waals surface area contributed by atoms with Crippen molar-refractivity contribution in [2.45, 2.75) is 51.7 Å². The molecule has 2 heterocycles. The van der Waals surface area contributed by atoms with Crippen molar-refractivity contribution in [3.05, 3.63) is 0 Å². The van der Waals surface area contributed by atoms with Crippen LogP contribution in [0.1, 0.15) is 46.5 Å². The third kappa shape index (κ3) is 6.54. The summed E-state index contributed by atoms with van der Waals surface area (Å²) in [6.45, 7) is 14.9. The molecule has 2 aliphatic rings. The van der Waals surface area contributed by atoms with E-state index in [1.54, 1.807) is 0 Å². The van der Waals surface area contributed by atoms with Gasteiger partial charge in [-0.1, -0.05) is 13.8 Å². The molecule has 0 saturated carbocycles. The minimum atomic E-state index is 0.739. The van der Waals surface area contributed by atoms with Crippen LogP contribution in [0.3, 0.4) is 0 Å². The average Bonchev–Trinajstić information content (AvgIpc) is 3.07. The fourth-order valence-electron chi connectivity index (χ4n) is 3.34. The molecule has 0 amide bonds. The van der Waals surface area contributed by atoms with Crippen molar-refractivity contribution in [1.29, 1.82) is 0 Å². The Kier molecular flexibility index (Phi) is 8.59. The van der Waals surface area contributed by atoms with Crippen LogP contribution in [0.2, 0.25) is 0 Å². The Bertz CT molecular complexity index is 353. The molecular formula is C18H36N4S.